The van der Waals surface area contributed by atoms with Crippen LogP contribution in [0.2, 0.25) is 0 Å². The molecule has 0 saturated carbocycles. The molecule has 0 spiro atoms. The summed E-state index contributed by atoms with van der Waals surface area (Å²) in [4.78, 5) is 24.0. The lowest BCUT2D eigenvalue weighted by Crippen LogP contribution is -2.50. The van der Waals surface area contributed by atoms with Gasteiger partial charge in [-0.1, -0.05) is 0 Å². The smallest absolute Gasteiger partial charge is 0.227 e. The lowest BCUT2D eigenvalue weighted by Gasteiger charge is -2.42. The summed E-state index contributed by atoms with van der Waals surface area (Å²) in [5, 5.41) is 0. The minimum absolute atomic E-state index is 0.110. The van der Waals surface area contributed by atoms with Gasteiger partial charge in [0.25, 0.3) is 0 Å². The number of pyridine rings is 1. The molecule has 4 rings (SSSR count). The van der Waals surface area contributed by atoms with Gasteiger partial charge in [0.1, 0.15) is 5.76 Å². The van der Waals surface area contributed by atoms with Crippen LogP contribution in [0, 0.1) is 5.92 Å². The Labute approximate surface area is 173 Å². The van der Waals surface area contributed by atoms with Crippen LogP contribution >= 0.6 is 0 Å². The van der Waals surface area contributed by atoms with E-state index >= 15 is 0 Å². The molecule has 1 unspecified atom stereocenters. The second-order valence-corrected chi connectivity index (χ2v) is 8.47. The van der Waals surface area contributed by atoms with Gasteiger partial charge in [-0.05, 0) is 75.1 Å². The van der Waals surface area contributed by atoms with Crippen LogP contribution in [0.4, 0.5) is 0 Å². The molecule has 0 radical (unpaired) electrons. The summed E-state index contributed by atoms with van der Waals surface area (Å²) in [7, 11) is 1.89. The Bertz CT molecular complexity index is 756. The second-order valence-electron chi connectivity index (χ2n) is 8.47. The first kappa shape index (κ1) is 20.1. The van der Waals surface area contributed by atoms with Crippen LogP contribution in [0.25, 0.3) is 0 Å². The van der Waals surface area contributed by atoms with E-state index in [0.29, 0.717) is 12.6 Å². The van der Waals surface area contributed by atoms with Crippen molar-refractivity contribution in [3.63, 3.8) is 0 Å². The molecule has 156 valence electrons. The van der Waals surface area contributed by atoms with Gasteiger partial charge in [-0.15, -0.1) is 0 Å². The Hall–Kier alpha value is -2.18. The molecule has 6 nitrogen and oxygen atoms in total. The average molecular weight is 397 g/mol. The van der Waals surface area contributed by atoms with Crippen molar-refractivity contribution in [2.75, 3.05) is 33.2 Å². The molecule has 2 aromatic rings. The first-order chi connectivity index (χ1) is 14.2. The Morgan fingerprint density at radius 3 is 2.69 bits per heavy atom. The number of hydrogen-bond donors (Lipinski definition) is 0. The van der Waals surface area contributed by atoms with Gasteiger partial charge in [0.05, 0.1) is 18.7 Å². The molecular formula is C23H32N4O2. The first-order valence-corrected chi connectivity index (χ1v) is 10.8. The maximum atomic E-state index is 13.0. The summed E-state index contributed by atoms with van der Waals surface area (Å²) in [6.07, 6.45) is 9.90. The van der Waals surface area contributed by atoms with E-state index in [-0.39, 0.29) is 11.8 Å². The summed E-state index contributed by atoms with van der Waals surface area (Å²) in [6, 6.07) is 8.61. The standard InChI is InChI=1S/C23H32N4O2/c1-25(18-22-5-3-15-29-22)23(28)20-4-2-12-27(17-20)21-8-13-26(14-9-21)16-19-6-10-24-11-7-19/h3,5-7,10-11,15,20-21H,2,4,8-9,12-14,16-18H2,1H3. The zero-order valence-electron chi connectivity index (χ0n) is 17.4. The minimum atomic E-state index is 0.110. The number of piperidine rings is 2. The summed E-state index contributed by atoms with van der Waals surface area (Å²) in [5.74, 6) is 1.20. The van der Waals surface area contributed by atoms with Crippen LogP contribution in [-0.2, 0) is 17.9 Å². The van der Waals surface area contributed by atoms with Crippen molar-refractivity contribution >= 4 is 5.91 Å². The predicted molar refractivity (Wildman–Crippen MR) is 112 cm³/mol. The van der Waals surface area contributed by atoms with Crippen LogP contribution in [-0.4, -0.2) is 64.9 Å². The quantitative estimate of drug-likeness (QED) is 0.751. The molecule has 2 saturated heterocycles. The van der Waals surface area contributed by atoms with E-state index in [1.54, 1.807) is 6.26 Å². The van der Waals surface area contributed by atoms with Crippen LogP contribution in [0.5, 0.6) is 0 Å². The fourth-order valence-corrected chi connectivity index (χ4v) is 4.75. The Balaban J connectivity index is 1.26. The number of hydrogen-bond acceptors (Lipinski definition) is 5. The van der Waals surface area contributed by atoms with Crippen LogP contribution in [0.1, 0.15) is 37.0 Å². The molecule has 2 fully saturated rings. The number of furan rings is 1. The Morgan fingerprint density at radius 2 is 1.97 bits per heavy atom. The second kappa shape index (κ2) is 9.55. The minimum Gasteiger partial charge on any atom is -0.467 e. The summed E-state index contributed by atoms with van der Waals surface area (Å²) in [5.41, 5.74) is 1.33. The molecule has 0 N–H and O–H groups in total. The third-order valence-corrected chi connectivity index (χ3v) is 6.38. The van der Waals surface area contributed by atoms with Crippen molar-refractivity contribution in [2.24, 2.45) is 5.92 Å². The van der Waals surface area contributed by atoms with Crippen LogP contribution < -0.4 is 0 Å². The molecule has 6 heteroatoms. The van der Waals surface area contributed by atoms with Gasteiger partial charge in [0, 0.05) is 38.6 Å². The van der Waals surface area contributed by atoms with Crippen molar-refractivity contribution in [2.45, 2.75) is 44.8 Å². The Morgan fingerprint density at radius 1 is 1.17 bits per heavy atom. The monoisotopic (exact) mass is 396 g/mol. The molecule has 29 heavy (non-hydrogen) atoms. The first-order valence-electron chi connectivity index (χ1n) is 10.8. The van der Waals surface area contributed by atoms with E-state index in [0.717, 1.165) is 51.3 Å². The SMILES string of the molecule is CN(Cc1ccco1)C(=O)C1CCCN(C2CCN(Cc3ccncc3)CC2)C1. The van der Waals surface area contributed by atoms with Crippen molar-refractivity contribution in [3.8, 4) is 0 Å². The van der Waals surface area contributed by atoms with E-state index in [9.17, 15) is 4.79 Å². The number of nitrogens with zero attached hydrogens (tertiary/aromatic N) is 4. The van der Waals surface area contributed by atoms with Crippen molar-refractivity contribution in [1.29, 1.82) is 0 Å². The maximum Gasteiger partial charge on any atom is 0.227 e. The molecule has 1 amide bonds. The average Bonchev–Trinajstić information content (AvgIpc) is 3.27. The molecule has 2 aliphatic heterocycles. The van der Waals surface area contributed by atoms with E-state index < -0.39 is 0 Å². The van der Waals surface area contributed by atoms with Gasteiger partial charge < -0.3 is 9.32 Å². The number of likely N-dealkylation sites (tertiary alicyclic amines) is 2. The molecule has 4 heterocycles. The van der Waals surface area contributed by atoms with E-state index in [2.05, 4.69) is 26.9 Å². The summed E-state index contributed by atoms with van der Waals surface area (Å²) in [6.45, 7) is 5.84. The summed E-state index contributed by atoms with van der Waals surface area (Å²) < 4.78 is 5.40. The molecule has 2 aliphatic rings. The molecule has 0 aliphatic carbocycles. The molecule has 0 aromatic carbocycles. The molecular weight excluding hydrogens is 364 g/mol. The third kappa shape index (κ3) is 5.25. The zero-order valence-corrected chi connectivity index (χ0v) is 17.4. The number of rotatable bonds is 6. The topological polar surface area (TPSA) is 52.8 Å². The van der Waals surface area contributed by atoms with Gasteiger partial charge in [-0.3, -0.25) is 19.6 Å². The Kier molecular flexibility index (Phi) is 6.62. The number of carbonyl (C=O) groups excluding carboxylic acids is 1. The largest absolute Gasteiger partial charge is 0.467 e. The highest BCUT2D eigenvalue weighted by molar-refractivity contribution is 5.78. The highest BCUT2D eigenvalue weighted by atomic mass is 16.3. The van der Waals surface area contributed by atoms with Gasteiger partial charge in [-0.25, -0.2) is 0 Å². The van der Waals surface area contributed by atoms with Crippen LogP contribution in [0.3, 0.4) is 0 Å². The zero-order chi connectivity index (χ0) is 20.1. The predicted octanol–water partition coefficient (Wildman–Crippen LogP) is 3.01. The van der Waals surface area contributed by atoms with E-state index in [1.807, 2.05) is 36.5 Å². The fourth-order valence-electron chi connectivity index (χ4n) is 4.75. The maximum absolute atomic E-state index is 13.0. The molecule has 2 aromatic heterocycles. The normalized spacial score (nSPS) is 21.9. The highest BCUT2D eigenvalue weighted by Gasteiger charge is 2.32. The fraction of sp³-hybridized carbons (Fsp3) is 0.565. The van der Waals surface area contributed by atoms with E-state index in [4.69, 9.17) is 4.42 Å². The number of amides is 1. The van der Waals surface area contributed by atoms with Crippen molar-refractivity contribution in [1.82, 2.24) is 19.7 Å². The van der Waals surface area contributed by atoms with Gasteiger partial charge in [-0.2, -0.15) is 0 Å². The summed E-state index contributed by atoms with van der Waals surface area (Å²) >= 11 is 0. The lowest BCUT2D eigenvalue weighted by atomic mass is 9.93. The number of aromatic nitrogens is 1. The van der Waals surface area contributed by atoms with Gasteiger partial charge in [0.2, 0.25) is 5.91 Å². The molecule has 0 bridgehead atoms. The third-order valence-electron chi connectivity index (χ3n) is 6.38. The van der Waals surface area contributed by atoms with E-state index in [1.165, 1.54) is 18.4 Å². The van der Waals surface area contributed by atoms with Crippen molar-refractivity contribution < 1.29 is 9.21 Å². The lowest BCUT2D eigenvalue weighted by molar-refractivity contribution is -0.137. The molecule has 1 atom stereocenters. The van der Waals surface area contributed by atoms with Crippen LogP contribution in [0.15, 0.2) is 47.3 Å². The van der Waals surface area contributed by atoms with Crippen molar-refractivity contribution in [3.05, 3.63) is 54.2 Å². The van der Waals surface area contributed by atoms with Gasteiger partial charge >= 0.3 is 0 Å². The number of carbonyl (C=O) groups is 1. The van der Waals surface area contributed by atoms with Gasteiger partial charge in [0.15, 0.2) is 0 Å². The highest BCUT2D eigenvalue weighted by Crippen LogP contribution is 2.26.